The molecular formula is C18H12Cl2F2N6O2. The van der Waals surface area contributed by atoms with Gasteiger partial charge >= 0.3 is 0 Å². The zero-order chi connectivity index (χ0) is 21.0. The Kier molecular flexibility index (Phi) is 4.64. The van der Waals surface area contributed by atoms with Crippen LogP contribution in [0, 0.1) is 11.6 Å². The average Bonchev–Trinajstić information content (AvgIpc) is 3.15. The summed E-state index contributed by atoms with van der Waals surface area (Å²) in [7, 11) is 0. The Labute approximate surface area is 178 Å². The van der Waals surface area contributed by atoms with Crippen LogP contribution in [0.4, 0.5) is 8.78 Å². The van der Waals surface area contributed by atoms with Crippen LogP contribution in [0.25, 0.3) is 11.6 Å². The van der Waals surface area contributed by atoms with E-state index in [4.69, 9.17) is 27.9 Å². The van der Waals surface area contributed by atoms with Gasteiger partial charge in [-0.1, -0.05) is 23.2 Å². The molecule has 0 radical (unpaired) electrons. The summed E-state index contributed by atoms with van der Waals surface area (Å²) in [6.45, 7) is 0.778. The second-order valence-electron chi connectivity index (χ2n) is 6.86. The molecule has 0 aliphatic carbocycles. The third-order valence-corrected chi connectivity index (χ3v) is 5.97. The van der Waals surface area contributed by atoms with Crippen LogP contribution in [0.5, 0.6) is 0 Å². The highest BCUT2D eigenvalue weighted by molar-refractivity contribution is 6.44. The summed E-state index contributed by atoms with van der Waals surface area (Å²) in [6.07, 6.45) is 2.10. The molecule has 1 aromatic carbocycles. The van der Waals surface area contributed by atoms with Crippen molar-refractivity contribution in [2.45, 2.75) is 18.6 Å². The molecule has 2 bridgehead atoms. The van der Waals surface area contributed by atoms with Crippen molar-refractivity contribution in [1.82, 2.24) is 29.6 Å². The second-order valence-corrected chi connectivity index (χ2v) is 7.62. The fourth-order valence-electron chi connectivity index (χ4n) is 3.75. The van der Waals surface area contributed by atoms with Crippen LogP contribution in [-0.4, -0.2) is 54.8 Å². The number of fused-ring (bicyclic) bond motifs is 4. The SMILES string of the molecule is O=C(c1ccc(F)c(Cl)c1Cl)N1[C@@H]2COC[C@@H]1c1nnc(-c3ncc(F)cn3)n1C2. The van der Waals surface area contributed by atoms with Crippen LogP contribution in [0.3, 0.4) is 0 Å². The largest absolute Gasteiger partial charge is 0.377 e. The molecule has 154 valence electrons. The molecule has 4 heterocycles. The minimum absolute atomic E-state index is 0.0926. The third-order valence-electron chi connectivity index (χ3n) is 5.11. The number of benzene rings is 1. The van der Waals surface area contributed by atoms with Crippen molar-refractivity contribution >= 4 is 29.1 Å². The Morgan fingerprint density at radius 2 is 1.87 bits per heavy atom. The van der Waals surface area contributed by atoms with Crippen LogP contribution in [0.1, 0.15) is 22.2 Å². The normalized spacial score (nSPS) is 20.2. The molecule has 2 atom stereocenters. The molecule has 5 rings (SSSR count). The van der Waals surface area contributed by atoms with E-state index in [0.717, 1.165) is 18.5 Å². The molecule has 0 saturated carbocycles. The lowest BCUT2D eigenvalue weighted by atomic mass is 10.0. The van der Waals surface area contributed by atoms with Crippen molar-refractivity contribution in [1.29, 1.82) is 0 Å². The summed E-state index contributed by atoms with van der Waals surface area (Å²) < 4.78 is 34.3. The maximum atomic E-state index is 13.7. The van der Waals surface area contributed by atoms with E-state index in [9.17, 15) is 13.6 Å². The summed E-state index contributed by atoms with van der Waals surface area (Å²) in [5.41, 5.74) is 0.0926. The molecule has 1 saturated heterocycles. The maximum absolute atomic E-state index is 13.7. The van der Waals surface area contributed by atoms with Crippen LogP contribution < -0.4 is 0 Å². The van der Waals surface area contributed by atoms with E-state index in [1.165, 1.54) is 6.07 Å². The van der Waals surface area contributed by atoms with E-state index < -0.39 is 23.6 Å². The van der Waals surface area contributed by atoms with Crippen molar-refractivity contribution in [3.05, 3.63) is 57.6 Å². The first-order chi connectivity index (χ1) is 14.5. The fourth-order valence-corrected chi connectivity index (χ4v) is 4.15. The zero-order valence-corrected chi connectivity index (χ0v) is 16.6. The molecule has 8 nitrogen and oxygen atoms in total. The zero-order valence-electron chi connectivity index (χ0n) is 15.1. The number of halogens is 4. The van der Waals surface area contributed by atoms with E-state index in [-0.39, 0.29) is 40.7 Å². The minimum Gasteiger partial charge on any atom is -0.377 e. The van der Waals surface area contributed by atoms with Crippen molar-refractivity contribution < 1.29 is 18.3 Å². The van der Waals surface area contributed by atoms with Crippen molar-refractivity contribution in [2.24, 2.45) is 0 Å². The number of carbonyl (C=O) groups excluding carboxylic acids is 1. The molecule has 0 spiro atoms. The van der Waals surface area contributed by atoms with Gasteiger partial charge in [-0.2, -0.15) is 0 Å². The van der Waals surface area contributed by atoms with E-state index in [0.29, 0.717) is 18.2 Å². The number of aromatic nitrogens is 5. The number of hydrogen-bond acceptors (Lipinski definition) is 6. The summed E-state index contributed by atoms with van der Waals surface area (Å²) in [5.74, 6) is -0.599. The van der Waals surface area contributed by atoms with Gasteiger partial charge < -0.3 is 14.2 Å². The molecule has 2 aromatic heterocycles. The van der Waals surface area contributed by atoms with Gasteiger partial charge in [0.05, 0.1) is 47.3 Å². The van der Waals surface area contributed by atoms with Crippen LogP contribution in [-0.2, 0) is 11.3 Å². The highest BCUT2D eigenvalue weighted by Gasteiger charge is 2.44. The van der Waals surface area contributed by atoms with Crippen molar-refractivity contribution in [2.75, 3.05) is 13.2 Å². The van der Waals surface area contributed by atoms with Gasteiger partial charge in [0.25, 0.3) is 5.91 Å². The Morgan fingerprint density at radius 3 is 2.63 bits per heavy atom. The van der Waals surface area contributed by atoms with Crippen LogP contribution >= 0.6 is 23.2 Å². The lowest BCUT2D eigenvalue weighted by molar-refractivity contribution is -0.0569. The molecule has 12 heteroatoms. The number of nitrogens with zero attached hydrogens (tertiary/aromatic N) is 6. The molecule has 0 N–H and O–H groups in total. The van der Waals surface area contributed by atoms with Gasteiger partial charge in [0.2, 0.25) is 5.82 Å². The van der Waals surface area contributed by atoms with E-state index in [2.05, 4.69) is 20.2 Å². The highest BCUT2D eigenvalue weighted by atomic mass is 35.5. The first-order valence-electron chi connectivity index (χ1n) is 8.90. The molecule has 2 aliphatic heterocycles. The smallest absolute Gasteiger partial charge is 0.256 e. The second kappa shape index (κ2) is 7.22. The first-order valence-corrected chi connectivity index (χ1v) is 9.66. The number of amides is 1. The number of rotatable bonds is 2. The molecule has 0 unspecified atom stereocenters. The predicted molar refractivity (Wildman–Crippen MR) is 101 cm³/mol. The van der Waals surface area contributed by atoms with Gasteiger partial charge in [-0.15, -0.1) is 10.2 Å². The first kappa shape index (κ1) is 19.3. The van der Waals surface area contributed by atoms with Crippen molar-refractivity contribution in [3.63, 3.8) is 0 Å². The Hall–Kier alpha value is -2.69. The Bertz CT molecular complexity index is 1160. The number of morpholine rings is 1. The van der Waals surface area contributed by atoms with E-state index >= 15 is 0 Å². The standard InChI is InChI=1S/C18H12Cl2F2N6O2/c19-13-10(1-2-11(22)14(13)20)18(29)28-9-5-27-16(12(28)7-30-6-9)25-26-17(27)15-23-3-8(21)4-24-15/h1-4,9,12H,5-7H2/t9-,12+/m0/s1. The van der Waals surface area contributed by atoms with E-state index in [1.807, 2.05) is 0 Å². The molecule has 3 aromatic rings. The average molecular weight is 453 g/mol. The molecule has 1 fully saturated rings. The summed E-state index contributed by atoms with van der Waals surface area (Å²) in [4.78, 5) is 22.8. The fraction of sp³-hybridized carbons (Fsp3) is 0.278. The summed E-state index contributed by atoms with van der Waals surface area (Å²) in [5, 5.41) is 7.89. The van der Waals surface area contributed by atoms with Gasteiger partial charge in [0.15, 0.2) is 17.5 Å². The van der Waals surface area contributed by atoms with Crippen molar-refractivity contribution in [3.8, 4) is 11.6 Å². The van der Waals surface area contributed by atoms with Gasteiger partial charge in [0, 0.05) is 6.54 Å². The molecule has 2 aliphatic rings. The number of ether oxygens (including phenoxy) is 1. The quantitative estimate of drug-likeness (QED) is 0.555. The monoisotopic (exact) mass is 452 g/mol. The minimum atomic E-state index is -0.705. The van der Waals surface area contributed by atoms with Gasteiger partial charge in [-0.25, -0.2) is 18.7 Å². The van der Waals surface area contributed by atoms with Gasteiger partial charge in [-0.05, 0) is 12.1 Å². The molecule has 1 amide bonds. The number of carbonyl (C=O) groups is 1. The van der Waals surface area contributed by atoms with Gasteiger partial charge in [-0.3, -0.25) is 4.79 Å². The molecular weight excluding hydrogens is 441 g/mol. The van der Waals surface area contributed by atoms with Gasteiger partial charge in [0.1, 0.15) is 11.9 Å². The highest BCUT2D eigenvalue weighted by Crippen LogP contribution is 2.37. The van der Waals surface area contributed by atoms with E-state index in [1.54, 1.807) is 9.47 Å². The number of hydrogen-bond donors (Lipinski definition) is 0. The molecule has 30 heavy (non-hydrogen) atoms. The summed E-state index contributed by atoms with van der Waals surface area (Å²) in [6, 6.07) is 1.49. The van der Waals surface area contributed by atoms with Crippen LogP contribution in [0.2, 0.25) is 10.0 Å². The van der Waals surface area contributed by atoms with Crippen LogP contribution in [0.15, 0.2) is 24.5 Å². The topological polar surface area (TPSA) is 86.0 Å². The Balaban J connectivity index is 1.55. The Morgan fingerprint density at radius 1 is 1.10 bits per heavy atom. The summed E-state index contributed by atoms with van der Waals surface area (Å²) >= 11 is 12.0. The lowest BCUT2D eigenvalue weighted by Crippen LogP contribution is -2.56. The predicted octanol–water partition coefficient (Wildman–Crippen LogP) is 2.92. The lowest BCUT2D eigenvalue weighted by Gasteiger charge is -2.45. The maximum Gasteiger partial charge on any atom is 0.256 e. The third kappa shape index (κ3) is 2.94.